The standard InChI is InChI=1S/C15H15BrF2N2/c16-12-4-5-15(18)11(8-12)9-14(20-19)7-10-2-1-3-13(17)6-10/h1-6,8,14,20H,7,9,19H2. The number of hydrogen-bond donors (Lipinski definition) is 2. The smallest absolute Gasteiger partial charge is 0.126 e. The summed E-state index contributed by atoms with van der Waals surface area (Å²) in [5, 5.41) is 0. The normalized spacial score (nSPS) is 12.4. The van der Waals surface area contributed by atoms with Gasteiger partial charge in [0.05, 0.1) is 0 Å². The summed E-state index contributed by atoms with van der Waals surface area (Å²) >= 11 is 3.32. The second-order valence-electron chi connectivity index (χ2n) is 4.64. The molecule has 0 saturated heterocycles. The van der Waals surface area contributed by atoms with E-state index in [9.17, 15) is 8.78 Å². The van der Waals surface area contributed by atoms with E-state index in [2.05, 4.69) is 21.4 Å². The highest BCUT2D eigenvalue weighted by Gasteiger charge is 2.12. The van der Waals surface area contributed by atoms with Crippen molar-refractivity contribution in [2.75, 3.05) is 0 Å². The lowest BCUT2D eigenvalue weighted by Crippen LogP contribution is -2.38. The van der Waals surface area contributed by atoms with Crippen LogP contribution < -0.4 is 11.3 Å². The summed E-state index contributed by atoms with van der Waals surface area (Å²) in [7, 11) is 0. The summed E-state index contributed by atoms with van der Waals surface area (Å²) in [6.07, 6.45) is 0.957. The largest absolute Gasteiger partial charge is 0.271 e. The maximum atomic E-state index is 13.7. The highest BCUT2D eigenvalue weighted by molar-refractivity contribution is 9.10. The van der Waals surface area contributed by atoms with Crippen molar-refractivity contribution in [1.82, 2.24) is 5.43 Å². The Bertz CT molecular complexity index is 590. The molecule has 1 atom stereocenters. The molecule has 0 heterocycles. The first kappa shape index (κ1) is 15.1. The maximum absolute atomic E-state index is 13.7. The van der Waals surface area contributed by atoms with Gasteiger partial charge in [0.1, 0.15) is 11.6 Å². The van der Waals surface area contributed by atoms with Gasteiger partial charge in [-0.25, -0.2) is 8.78 Å². The van der Waals surface area contributed by atoms with Crippen LogP contribution in [0.25, 0.3) is 0 Å². The Morgan fingerprint density at radius 2 is 1.90 bits per heavy atom. The van der Waals surface area contributed by atoms with Crippen molar-refractivity contribution in [2.24, 2.45) is 5.84 Å². The summed E-state index contributed by atoms with van der Waals surface area (Å²) in [6, 6.07) is 10.9. The molecule has 0 amide bonds. The van der Waals surface area contributed by atoms with Gasteiger partial charge in [-0.15, -0.1) is 0 Å². The number of hydrazine groups is 1. The van der Waals surface area contributed by atoms with Gasteiger partial charge < -0.3 is 0 Å². The molecule has 2 rings (SSSR count). The van der Waals surface area contributed by atoms with E-state index in [1.807, 2.05) is 6.07 Å². The predicted molar refractivity (Wildman–Crippen MR) is 79.0 cm³/mol. The molecule has 2 aromatic carbocycles. The third-order valence-electron chi connectivity index (χ3n) is 3.08. The number of hydrogen-bond acceptors (Lipinski definition) is 2. The molecule has 0 radical (unpaired) electrons. The average molecular weight is 341 g/mol. The van der Waals surface area contributed by atoms with Crippen molar-refractivity contribution in [3.63, 3.8) is 0 Å². The molecule has 5 heteroatoms. The summed E-state index contributed by atoms with van der Waals surface area (Å²) in [4.78, 5) is 0. The molecule has 2 nitrogen and oxygen atoms in total. The van der Waals surface area contributed by atoms with Crippen LogP contribution >= 0.6 is 15.9 Å². The third-order valence-corrected chi connectivity index (χ3v) is 3.57. The van der Waals surface area contributed by atoms with Crippen LogP contribution in [0.1, 0.15) is 11.1 Å². The van der Waals surface area contributed by atoms with Crippen LogP contribution in [0.3, 0.4) is 0 Å². The Balaban J connectivity index is 2.11. The molecule has 0 spiro atoms. The van der Waals surface area contributed by atoms with E-state index in [1.54, 1.807) is 18.2 Å². The van der Waals surface area contributed by atoms with Gasteiger partial charge in [0.15, 0.2) is 0 Å². The molecule has 3 N–H and O–H groups in total. The van der Waals surface area contributed by atoms with Crippen LogP contribution in [-0.2, 0) is 12.8 Å². The monoisotopic (exact) mass is 340 g/mol. The molecule has 0 aliphatic heterocycles. The van der Waals surface area contributed by atoms with Gasteiger partial charge in [0.2, 0.25) is 0 Å². The predicted octanol–water partition coefficient (Wildman–Crippen LogP) is 3.34. The average Bonchev–Trinajstić information content (AvgIpc) is 2.42. The summed E-state index contributed by atoms with van der Waals surface area (Å²) in [5.74, 6) is 4.96. The highest BCUT2D eigenvalue weighted by Crippen LogP contribution is 2.18. The van der Waals surface area contributed by atoms with E-state index in [0.717, 1.165) is 10.0 Å². The molecule has 0 aliphatic carbocycles. The summed E-state index contributed by atoms with van der Waals surface area (Å²) in [5.41, 5.74) is 4.05. The first-order valence-corrected chi connectivity index (χ1v) is 7.02. The maximum Gasteiger partial charge on any atom is 0.126 e. The zero-order chi connectivity index (χ0) is 14.5. The first-order chi connectivity index (χ1) is 9.58. The Hall–Kier alpha value is -1.30. The van der Waals surface area contributed by atoms with Gasteiger partial charge in [0.25, 0.3) is 0 Å². The molecule has 1 unspecified atom stereocenters. The van der Waals surface area contributed by atoms with Gasteiger partial charge in [0, 0.05) is 10.5 Å². The first-order valence-electron chi connectivity index (χ1n) is 6.23. The van der Waals surface area contributed by atoms with Gasteiger partial charge in [-0.3, -0.25) is 11.3 Å². The zero-order valence-corrected chi connectivity index (χ0v) is 12.3. The lowest BCUT2D eigenvalue weighted by Gasteiger charge is -2.16. The van der Waals surface area contributed by atoms with Crippen molar-refractivity contribution in [1.29, 1.82) is 0 Å². The lowest BCUT2D eigenvalue weighted by molar-refractivity contribution is 0.505. The second kappa shape index (κ2) is 6.92. The van der Waals surface area contributed by atoms with Crippen LogP contribution in [0.5, 0.6) is 0 Å². The molecular formula is C15H15BrF2N2. The Labute approximate surface area is 125 Å². The molecule has 106 valence electrons. The lowest BCUT2D eigenvalue weighted by atomic mass is 9.99. The van der Waals surface area contributed by atoms with Crippen molar-refractivity contribution < 1.29 is 8.78 Å². The van der Waals surface area contributed by atoms with Crippen LogP contribution in [0.15, 0.2) is 46.9 Å². The molecule has 0 bridgehead atoms. The van der Waals surface area contributed by atoms with E-state index in [-0.39, 0.29) is 17.7 Å². The SMILES string of the molecule is NNC(Cc1cccc(F)c1)Cc1cc(Br)ccc1F. The van der Waals surface area contributed by atoms with Crippen molar-refractivity contribution >= 4 is 15.9 Å². The fourth-order valence-electron chi connectivity index (χ4n) is 2.10. The fourth-order valence-corrected chi connectivity index (χ4v) is 2.51. The van der Waals surface area contributed by atoms with Gasteiger partial charge in [-0.05, 0) is 54.3 Å². The van der Waals surface area contributed by atoms with Gasteiger partial charge in [-0.1, -0.05) is 28.1 Å². The number of benzene rings is 2. The quantitative estimate of drug-likeness (QED) is 0.647. The summed E-state index contributed by atoms with van der Waals surface area (Å²) in [6.45, 7) is 0. The van der Waals surface area contributed by atoms with E-state index in [4.69, 9.17) is 5.84 Å². The topological polar surface area (TPSA) is 38.0 Å². The van der Waals surface area contributed by atoms with Crippen LogP contribution in [0.4, 0.5) is 8.78 Å². The number of rotatable bonds is 5. The van der Waals surface area contributed by atoms with E-state index in [0.29, 0.717) is 18.4 Å². The summed E-state index contributed by atoms with van der Waals surface area (Å²) < 4.78 is 27.7. The van der Waals surface area contributed by atoms with Crippen LogP contribution in [-0.4, -0.2) is 6.04 Å². The highest BCUT2D eigenvalue weighted by atomic mass is 79.9. The number of nitrogens with two attached hydrogens (primary N) is 1. The van der Waals surface area contributed by atoms with Crippen molar-refractivity contribution in [3.05, 3.63) is 69.7 Å². The van der Waals surface area contributed by atoms with Gasteiger partial charge >= 0.3 is 0 Å². The molecule has 0 aromatic heterocycles. The second-order valence-corrected chi connectivity index (χ2v) is 5.55. The van der Waals surface area contributed by atoms with Gasteiger partial charge in [-0.2, -0.15) is 0 Å². The number of halogens is 3. The molecule has 0 fully saturated rings. The van der Waals surface area contributed by atoms with Crippen molar-refractivity contribution in [2.45, 2.75) is 18.9 Å². The number of nitrogens with one attached hydrogen (secondary N) is 1. The molecule has 0 aliphatic rings. The zero-order valence-electron chi connectivity index (χ0n) is 10.7. The Kier molecular flexibility index (Phi) is 5.23. The van der Waals surface area contributed by atoms with Crippen LogP contribution in [0.2, 0.25) is 0 Å². The fraction of sp³-hybridized carbons (Fsp3) is 0.200. The Morgan fingerprint density at radius 3 is 2.60 bits per heavy atom. The van der Waals surface area contributed by atoms with Crippen LogP contribution in [0, 0.1) is 11.6 Å². The van der Waals surface area contributed by atoms with Crippen molar-refractivity contribution in [3.8, 4) is 0 Å². The molecule has 0 saturated carbocycles. The third kappa shape index (κ3) is 4.10. The minimum absolute atomic E-state index is 0.166. The van der Waals surface area contributed by atoms with E-state index >= 15 is 0 Å². The minimum Gasteiger partial charge on any atom is -0.271 e. The molecular weight excluding hydrogens is 326 g/mol. The molecule has 20 heavy (non-hydrogen) atoms. The van der Waals surface area contributed by atoms with E-state index in [1.165, 1.54) is 18.2 Å². The Morgan fingerprint density at radius 1 is 1.10 bits per heavy atom. The minimum atomic E-state index is -0.285. The molecule has 2 aromatic rings. The van der Waals surface area contributed by atoms with E-state index < -0.39 is 0 Å².